The quantitative estimate of drug-likeness (QED) is 0.490. The van der Waals surface area contributed by atoms with Crippen molar-refractivity contribution in [3.05, 3.63) is 24.2 Å². The monoisotopic (exact) mass is 228 g/mol. The van der Waals surface area contributed by atoms with E-state index in [4.69, 9.17) is 16.6 Å². The second-order valence-electron chi connectivity index (χ2n) is 2.51. The normalized spacial score (nSPS) is 11.4. The fourth-order valence-electron chi connectivity index (χ4n) is 0.832. The molecule has 0 fully saturated rings. The molecule has 0 spiro atoms. The van der Waals surface area contributed by atoms with Gasteiger partial charge < -0.3 is 4.42 Å². The maximum absolute atomic E-state index is 5.17. The molecule has 0 saturated carbocycles. The minimum absolute atomic E-state index is 0.679. The lowest BCUT2D eigenvalue weighted by atomic mass is 10.3. The van der Waals surface area contributed by atoms with Crippen molar-refractivity contribution in [3.63, 3.8) is 0 Å². The zero-order valence-electron chi connectivity index (χ0n) is 8.11. The van der Waals surface area contributed by atoms with Crippen LogP contribution in [0.25, 0.3) is 0 Å². The number of thiocarbonyl (C=S) groups is 1. The van der Waals surface area contributed by atoms with Crippen LogP contribution in [-0.2, 0) is 0 Å². The highest BCUT2D eigenvalue weighted by molar-refractivity contribution is 8.22. The van der Waals surface area contributed by atoms with Crippen LogP contribution in [0.4, 0.5) is 0 Å². The van der Waals surface area contributed by atoms with Crippen molar-refractivity contribution in [3.8, 4) is 0 Å². The molecule has 76 valence electrons. The van der Waals surface area contributed by atoms with E-state index in [1.165, 1.54) is 0 Å². The molecule has 0 aliphatic rings. The van der Waals surface area contributed by atoms with Crippen LogP contribution in [0, 0.1) is 0 Å². The first-order valence-electron chi connectivity index (χ1n) is 4.25. The van der Waals surface area contributed by atoms with Gasteiger partial charge in [0.25, 0.3) is 0 Å². The summed E-state index contributed by atoms with van der Waals surface area (Å²) >= 11 is 6.57. The molecule has 0 radical (unpaired) electrons. The summed E-state index contributed by atoms with van der Waals surface area (Å²) in [5.74, 6) is 1.70. The molecule has 14 heavy (non-hydrogen) atoms. The minimum Gasteiger partial charge on any atom is -0.463 e. The molecule has 0 bridgehead atoms. The van der Waals surface area contributed by atoms with Crippen LogP contribution in [0.5, 0.6) is 0 Å². The van der Waals surface area contributed by atoms with Gasteiger partial charge in [0.05, 0.1) is 6.26 Å². The summed E-state index contributed by atoms with van der Waals surface area (Å²) in [5.41, 5.74) is 3.58. The van der Waals surface area contributed by atoms with Crippen LogP contribution in [0.3, 0.4) is 0 Å². The van der Waals surface area contributed by atoms with Gasteiger partial charge in [0.1, 0.15) is 11.5 Å². The Balaban J connectivity index is 2.49. The third-order valence-corrected chi connectivity index (χ3v) is 2.56. The van der Waals surface area contributed by atoms with Crippen LogP contribution >= 0.6 is 24.0 Å². The summed E-state index contributed by atoms with van der Waals surface area (Å²) in [5, 5.41) is 4.10. The predicted octanol–water partition coefficient (Wildman–Crippen LogP) is 2.63. The molecule has 5 heteroatoms. The molecular weight excluding hydrogens is 216 g/mol. The molecule has 1 N–H and O–H groups in total. The van der Waals surface area contributed by atoms with E-state index in [1.807, 2.05) is 26.0 Å². The molecule has 1 rings (SSSR count). The Hall–Kier alpha value is -0.810. The van der Waals surface area contributed by atoms with E-state index in [1.54, 1.807) is 18.0 Å². The van der Waals surface area contributed by atoms with Gasteiger partial charge in [0.15, 0.2) is 4.32 Å². The van der Waals surface area contributed by atoms with Gasteiger partial charge in [-0.3, -0.25) is 5.43 Å². The van der Waals surface area contributed by atoms with Crippen LogP contribution in [-0.4, -0.2) is 15.8 Å². The maximum Gasteiger partial charge on any atom is 0.154 e. The lowest BCUT2D eigenvalue weighted by Crippen LogP contribution is -2.13. The standard InChI is InChI=1S/C9H12N2OS2/c1-3-14-9(13)11-10-7(2)8-5-4-6-12-8/h4-6H,3H2,1-2H3,(H,11,13)/b10-7+. The fraction of sp³-hybridized carbons (Fsp3) is 0.333. The largest absolute Gasteiger partial charge is 0.463 e. The molecule has 1 aromatic heterocycles. The van der Waals surface area contributed by atoms with E-state index in [-0.39, 0.29) is 0 Å². The van der Waals surface area contributed by atoms with Crippen molar-refractivity contribution in [1.29, 1.82) is 0 Å². The number of nitrogens with zero attached hydrogens (tertiary/aromatic N) is 1. The zero-order chi connectivity index (χ0) is 10.4. The topological polar surface area (TPSA) is 37.5 Å². The SMILES string of the molecule is CCSC(=S)N/N=C(\C)c1ccco1. The molecule has 0 aromatic carbocycles. The molecule has 0 saturated heterocycles. The second kappa shape index (κ2) is 5.82. The van der Waals surface area contributed by atoms with Gasteiger partial charge in [0, 0.05) is 0 Å². The number of rotatable bonds is 3. The number of thioether (sulfide) groups is 1. The Bertz CT molecular complexity index is 320. The smallest absolute Gasteiger partial charge is 0.154 e. The molecule has 0 aliphatic carbocycles. The summed E-state index contributed by atoms with van der Waals surface area (Å²) in [6, 6.07) is 3.68. The lowest BCUT2D eigenvalue weighted by molar-refractivity contribution is 0.556. The van der Waals surface area contributed by atoms with Crippen LogP contribution < -0.4 is 5.43 Å². The minimum atomic E-state index is 0.679. The fourth-order valence-corrected chi connectivity index (χ4v) is 1.60. The van der Waals surface area contributed by atoms with E-state index >= 15 is 0 Å². The van der Waals surface area contributed by atoms with Gasteiger partial charge in [-0.05, 0) is 24.8 Å². The van der Waals surface area contributed by atoms with Gasteiger partial charge in [-0.2, -0.15) is 5.10 Å². The van der Waals surface area contributed by atoms with Gasteiger partial charge in [-0.15, -0.1) is 0 Å². The summed E-state index contributed by atoms with van der Waals surface area (Å²) in [7, 11) is 0. The highest BCUT2D eigenvalue weighted by atomic mass is 32.2. The first kappa shape index (κ1) is 11.3. The molecule has 1 aromatic rings. The predicted molar refractivity (Wildman–Crippen MR) is 64.8 cm³/mol. The lowest BCUT2D eigenvalue weighted by Gasteiger charge is -2.00. The van der Waals surface area contributed by atoms with Crippen molar-refractivity contribution in [2.45, 2.75) is 13.8 Å². The number of hydrazone groups is 1. The molecule has 3 nitrogen and oxygen atoms in total. The average Bonchev–Trinajstić information content (AvgIpc) is 2.67. The Labute approximate surface area is 92.9 Å². The highest BCUT2D eigenvalue weighted by Gasteiger charge is 1.99. The van der Waals surface area contributed by atoms with Gasteiger partial charge in [0.2, 0.25) is 0 Å². The Morgan fingerprint density at radius 2 is 2.50 bits per heavy atom. The molecule has 0 unspecified atom stereocenters. The van der Waals surface area contributed by atoms with Gasteiger partial charge >= 0.3 is 0 Å². The van der Waals surface area contributed by atoms with E-state index in [0.717, 1.165) is 17.2 Å². The van der Waals surface area contributed by atoms with Crippen molar-refractivity contribution >= 4 is 34.0 Å². The molecule has 0 amide bonds. The van der Waals surface area contributed by atoms with Crippen molar-refractivity contribution in [1.82, 2.24) is 5.43 Å². The number of furan rings is 1. The third kappa shape index (κ3) is 3.51. The van der Waals surface area contributed by atoms with Crippen LogP contribution in [0.1, 0.15) is 19.6 Å². The Morgan fingerprint density at radius 1 is 1.71 bits per heavy atom. The van der Waals surface area contributed by atoms with Crippen molar-refractivity contribution in [2.75, 3.05) is 5.75 Å². The van der Waals surface area contributed by atoms with E-state index in [2.05, 4.69) is 10.5 Å². The van der Waals surface area contributed by atoms with Crippen LogP contribution in [0.2, 0.25) is 0 Å². The summed E-state index contributed by atoms with van der Waals surface area (Å²) < 4.78 is 5.85. The first-order valence-corrected chi connectivity index (χ1v) is 5.64. The Morgan fingerprint density at radius 3 is 3.07 bits per heavy atom. The molecule has 0 aliphatic heterocycles. The van der Waals surface area contributed by atoms with E-state index in [9.17, 15) is 0 Å². The molecular formula is C9H12N2OS2. The van der Waals surface area contributed by atoms with Crippen molar-refractivity contribution < 1.29 is 4.42 Å². The second-order valence-corrected chi connectivity index (χ2v) is 4.45. The summed E-state index contributed by atoms with van der Waals surface area (Å²) in [4.78, 5) is 0. The molecule has 1 heterocycles. The summed E-state index contributed by atoms with van der Waals surface area (Å²) in [6.45, 7) is 3.91. The average molecular weight is 228 g/mol. The third-order valence-electron chi connectivity index (χ3n) is 1.47. The zero-order valence-corrected chi connectivity index (χ0v) is 9.74. The number of nitrogens with one attached hydrogen (secondary N) is 1. The van der Waals surface area contributed by atoms with Crippen molar-refractivity contribution in [2.24, 2.45) is 5.10 Å². The van der Waals surface area contributed by atoms with E-state index < -0.39 is 0 Å². The van der Waals surface area contributed by atoms with Gasteiger partial charge in [-0.1, -0.05) is 30.9 Å². The Kier molecular flexibility index (Phi) is 4.69. The van der Waals surface area contributed by atoms with Gasteiger partial charge in [-0.25, -0.2) is 0 Å². The van der Waals surface area contributed by atoms with Crippen LogP contribution in [0.15, 0.2) is 27.9 Å². The van der Waals surface area contributed by atoms with E-state index in [0.29, 0.717) is 4.32 Å². The summed E-state index contributed by atoms with van der Waals surface area (Å²) in [6.07, 6.45) is 1.62. The number of hydrogen-bond acceptors (Lipinski definition) is 4. The number of hydrogen-bond donors (Lipinski definition) is 1. The first-order chi connectivity index (χ1) is 6.74. The highest BCUT2D eigenvalue weighted by Crippen LogP contribution is 2.03. The maximum atomic E-state index is 5.17. The molecule has 0 atom stereocenters.